The van der Waals surface area contributed by atoms with Gasteiger partial charge in [-0.25, -0.2) is 0 Å². The highest BCUT2D eigenvalue weighted by atomic mass is 19.4. The first-order valence-corrected chi connectivity index (χ1v) is 6.93. The number of amides is 1. The molecule has 21 heavy (non-hydrogen) atoms. The van der Waals surface area contributed by atoms with Gasteiger partial charge in [-0.2, -0.15) is 13.2 Å². The largest absolute Gasteiger partial charge is 0.406 e. The lowest BCUT2D eigenvalue weighted by atomic mass is 10.0. The van der Waals surface area contributed by atoms with Crippen LogP contribution in [-0.4, -0.2) is 30.1 Å². The summed E-state index contributed by atoms with van der Waals surface area (Å²) in [6, 6.07) is 8.68. The van der Waals surface area contributed by atoms with Crippen molar-refractivity contribution in [3.63, 3.8) is 0 Å². The number of nitrogens with two attached hydrogens (primary N) is 1. The molecule has 0 bridgehead atoms. The highest BCUT2D eigenvalue weighted by Gasteiger charge is 2.34. The van der Waals surface area contributed by atoms with Crippen molar-refractivity contribution in [2.75, 3.05) is 13.1 Å². The molecule has 0 saturated carbocycles. The maximum absolute atomic E-state index is 12.7. The monoisotopic (exact) mass is 302 g/mol. The summed E-state index contributed by atoms with van der Waals surface area (Å²) in [4.78, 5) is 13.1. The second-order valence-corrected chi connectivity index (χ2v) is 5.13. The Morgan fingerprint density at radius 1 is 1.29 bits per heavy atom. The molecule has 1 aromatic carbocycles. The van der Waals surface area contributed by atoms with Crippen molar-refractivity contribution in [1.29, 1.82) is 0 Å². The van der Waals surface area contributed by atoms with E-state index in [2.05, 4.69) is 0 Å². The highest BCUT2D eigenvalue weighted by Crippen LogP contribution is 2.21. The van der Waals surface area contributed by atoms with Gasteiger partial charge in [0.05, 0.1) is 0 Å². The highest BCUT2D eigenvalue weighted by molar-refractivity contribution is 5.78. The number of carbonyl (C=O) groups is 1. The minimum Gasteiger partial charge on any atom is -0.330 e. The van der Waals surface area contributed by atoms with Crippen LogP contribution in [0.25, 0.3) is 0 Å². The normalized spacial score (nSPS) is 13.0. The third-order valence-electron chi connectivity index (χ3n) is 3.16. The topological polar surface area (TPSA) is 46.3 Å². The fourth-order valence-corrected chi connectivity index (χ4v) is 2.09. The van der Waals surface area contributed by atoms with Crippen molar-refractivity contribution in [1.82, 2.24) is 4.90 Å². The molecule has 0 radical (unpaired) electrons. The van der Waals surface area contributed by atoms with Gasteiger partial charge in [-0.3, -0.25) is 4.79 Å². The number of benzene rings is 1. The SMILES string of the molecule is CC(CCCN)C(=O)N(Cc1ccccc1)CC(F)(F)F. The molecule has 118 valence electrons. The molecular weight excluding hydrogens is 281 g/mol. The van der Waals surface area contributed by atoms with E-state index in [0.717, 1.165) is 4.90 Å². The van der Waals surface area contributed by atoms with E-state index in [9.17, 15) is 18.0 Å². The Balaban J connectivity index is 2.79. The third-order valence-corrected chi connectivity index (χ3v) is 3.16. The van der Waals surface area contributed by atoms with Gasteiger partial charge < -0.3 is 10.6 Å². The predicted molar refractivity (Wildman–Crippen MR) is 75.4 cm³/mol. The Hall–Kier alpha value is -1.56. The third kappa shape index (κ3) is 6.62. The van der Waals surface area contributed by atoms with E-state index in [4.69, 9.17) is 5.73 Å². The summed E-state index contributed by atoms with van der Waals surface area (Å²) < 4.78 is 38.0. The van der Waals surface area contributed by atoms with Gasteiger partial charge in [-0.15, -0.1) is 0 Å². The van der Waals surface area contributed by atoms with Gasteiger partial charge in [0.25, 0.3) is 0 Å². The van der Waals surface area contributed by atoms with Crippen LogP contribution in [0.5, 0.6) is 0 Å². The van der Waals surface area contributed by atoms with E-state index in [0.29, 0.717) is 24.9 Å². The molecule has 0 aliphatic rings. The zero-order chi connectivity index (χ0) is 15.9. The molecule has 1 rings (SSSR count). The van der Waals surface area contributed by atoms with E-state index in [-0.39, 0.29) is 6.54 Å². The summed E-state index contributed by atoms with van der Waals surface area (Å²) in [5.74, 6) is -0.941. The summed E-state index contributed by atoms with van der Waals surface area (Å²) in [7, 11) is 0. The Kier molecular flexibility index (Phi) is 6.68. The zero-order valence-electron chi connectivity index (χ0n) is 12.1. The zero-order valence-corrected chi connectivity index (χ0v) is 12.1. The summed E-state index contributed by atoms with van der Waals surface area (Å²) in [6.07, 6.45) is -3.28. The van der Waals surface area contributed by atoms with Crippen molar-refractivity contribution in [2.24, 2.45) is 11.7 Å². The van der Waals surface area contributed by atoms with Gasteiger partial charge in [0, 0.05) is 12.5 Å². The van der Waals surface area contributed by atoms with Gasteiger partial charge >= 0.3 is 6.18 Å². The van der Waals surface area contributed by atoms with Gasteiger partial charge in [0.1, 0.15) is 6.54 Å². The Labute approximate surface area is 122 Å². The van der Waals surface area contributed by atoms with Crippen LogP contribution in [0.15, 0.2) is 30.3 Å². The van der Waals surface area contributed by atoms with Crippen LogP contribution in [0.4, 0.5) is 13.2 Å². The maximum Gasteiger partial charge on any atom is 0.406 e. The number of carbonyl (C=O) groups excluding carboxylic acids is 1. The van der Waals surface area contributed by atoms with Gasteiger partial charge in [-0.1, -0.05) is 37.3 Å². The molecule has 1 atom stereocenters. The van der Waals surface area contributed by atoms with E-state index < -0.39 is 24.5 Å². The first-order valence-electron chi connectivity index (χ1n) is 6.93. The Bertz CT molecular complexity index is 434. The maximum atomic E-state index is 12.7. The van der Waals surface area contributed by atoms with Crippen molar-refractivity contribution < 1.29 is 18.0 Å². The molecule has 1 unspecified atom stereocenters. The van der Waals surface area contributed by atoms with Crippen LogP contribution < -0.4 is 5.73 Å². The average molecular weight is 302 g/mol. The molecule has 6 heteroatoms. The summed E-state index contributed by atoms with van der Waals surface area (Å²) in [5, 5.41) is 0. The number of hydrogen-bond acceptors (Lipinski definition) is 2. The van der Waals surface area contributed by atoms with Crippen LogP contribution >= 0.6 is 0 Å². The van der Waals surface area contributed by atoms with E-state index in [1.807, 2.05) is 0 Å². The number of rotatable bonds is 7. The molecule has 0 saturated heterocycles. The molecule has 0 aliphatic heterocycles. The molecule has 0 aliphatic carbocycles. The van der Waals surface area contributed by atoms with Gasteiger partial charge in [-0.05, 0) is 24.9 Å². The smallest absolute Gasteiger partial charge is 0.330 e. The second-order valence-electron chi connectivity index (χ2n) is 5.13. The van der Waals surface area contributed by atoms with E-state index >= 15 is 0 Å². The number of alkyl halides is 3. The molecule has 2 N–H and O–H groups in total. The van der Waals surface area contributed by atoms with E-state index in [1.54, 1.807) is 37.3 Å². The van der Waals surface area contributed by atoms with Crippen LogP contribution in [0.3, 0.4) is 0 Å². The quantitative estimate of drug-likeness (QED) is 0.841. The first-order chi connectivity index (χ1) is 9.83. The van der Waals surface area contributed by atoms with Crippen molar-refractivity contribution >= 4 is 5.91 Å². The van der Waals surface area contributed by atoms with Crippen LogP contribution in [0.1, 0.15) is 25.3 Å². The molecule has 0 heterocycles. The fraction of sp³-hybridized carbons (Fsp3) is 0.533. The van der Waals surface area contributed by atoms with E-state index in [1.165, 1.54) is 0 Å². The van der Waals surface area contributed by atoms with Crippen molar-refractivity contribution in [3.05, 3.63) is 35.9 Å². The lowest BCUT2D eigenvalue weighted by molar-refractivity contribution is -0.164. The number of nitrogens with zero attached hydrogens (tertiary/aromatic N) is 1. The minimum absolute atomic E-state index is 0.0356. The molecule has 1 amide bonds. The Morgan fingerprint density at radius 2 is 1.90 bits per heavy atom. The Morgan fingerprint density at radius 3 is 2.43 bits per heavy atom. The van der Waals surface area contributed by atoms with Crippen molar-refractivity contribution in [2.45, 2.75) is 32.5 Å². The standard InChI is InChI=1S/C15H21F3N2O/c1-12(6-5-9-19)14(21)20(11-15(16,17)18)10-13-7-3-2-4-8-13/h2-4,7-8,12H,5-6,9-11,19H2,1H3. The molecule has 3 nitrogen and oxygen atoms in total. The minimum atomic E-state index is -4.40. The van der Waals surface area contributed by atoms with Gasteiger partial charge in [0.15, 0.2) is 0 Å². The molecule has 0 fully saturated rings. The van der Waals surface area contributed by atoms with Crippen LogP contribution in [-0.2, 0) is 11.3 Å². The first kappa shape index (κ1) is 17.5. The lowest BCUT2D eigenvalue weighted by Crippen LogP contribution is -2.41. The number of hydrogen-bond donors (Lipinski definition) is 1. The lowest BCUT2D eigenvalue weighted by Gasteiger charge is -2.27. The average Bonchev–Trinajstić information content (AvgIpc) is 2.43. The summed E-state index contributed by atoms with van der Waals surface area (Å²) in [5.41, 5.74) is 6.06. The number of halogens is 3. The van der Waals surface area contributed by atoms with Crippen LogP contribution in [0, 0.1) is 5.92 Å². The van der Waals surface area contributed by atoms with Crippen molar-refractivity contribution in [3.8, 4) is 0 Å². The second kappa shape index (κ2) is 8.02. The summed E-state index contributed by atoms with van der Waals surface area (Å²) in [6.45, 7) is 0.807. The molecule has 0 aromatic heterocycles. The van der Waals surface area contributed by atoms with Gasteiger partial charge in [0.2, 0.25) is 5.91 Å². The summed E-state index contributed by atoms with van der Waals surface area (Å²) >= 11 is 0. The molecule has 1 aromatic rings. The van der Waals surface area contributed by atoms with Crippen LogP contribution in [0.2, 0.25) is 0 Å². The molecule has 0 spiro atoms. The fourth-order valence-electron chi connectivity index (χ4n) is 2.09. The predicted octanol–water partition coefficient (Wildman–Crippen LogP) is 2.95. The molecular formula is C15H21F3N2O.